The van der Waals surface area contributed by atoms with E-state index in [9.17, 15) is 14.4 Å². The number of carbonyl (C=O) groups is 3. The van der Waals surface area contributed by atoms with E-state index in [2.05, 4.69) is 10.6 Å². The van der Waals surface area contributed by atoms with Crippen LogP contribution in [0.25, 0.3) is 0 Å². The summed E-state index contributed by atoms with van der Waals surface area (Å²) in [7, 11) is 0. The smallest absolute Gasteiger partial charge is 0.330 e. The fourth-order valence-corrected chi connectivity index (χ4v) is 3.85. The Hall–Kier alpha value is -4.65. The molecule has 7 heteroatoms. The Labute approximate surface area is 215 Å². The average molecular weight is 497 g/mol. The van der Waals surface area contributed by atoms with Gasteiger partial charge in [0.25, 0.3) is 11.8 Å². The van der Waals surface area contributed by atoms with E-state index in [0.29, 0.717) is 11.3 Å². The first kappa shape index (κ1) is 25.4. The Morgan fingerprint density at radius 1 is 0.865 bits per heavy atom. The molecule has 0 saturated carbocycles. The van der Waals surface area contributed by atoms with Crippen LogP contribution in [0.1, 0.15) is 38.9 Å². The van der Waals surface area contributed by atoms with E-state index in [-0.39, 0.29) is 12.2 Å². The molecule has 0 aliphatic carbocycles. The standard InChI is InChI=1S/C30H28N2O5/c1-20-15-16-21(2)24(18-20)31-29(34)27(23-12-7-4-8-13-23)37-30(35)25(19-22-10-5-3-6-11-22)32-28(33)26-14-9-17-36-26/h3-18,25,27H,19H2,1-2H3,(H,31,34)(H,32,33)/t25-,27+/m0/s1. The molecule has 7 nitrogen and oxygen atoms in total. The lowest BCUT2D eigenvalue weighted by Crippen LogP contribution is -2.44. The summed E-state index contributed by atoms with van der Waals surface area (Å²) >= 11 is 0. The second-order valence-electron chi connectivity index (χ2n) is 8.73. The summed E-state index contributed by atoms with van der Waals surface area (Å²) in [5.74, 6) is -1.73. The van der Waals surface area contributed by atoms with Crippen LogP contribution in [-0.4, -0.2) is 23.8 Å². The predicted molar refractivity (Wildman–Crippen MR) is 140 cm³/mol. The van der Waals surface area contributed by atoms with Gasteiger partial charge in [0.15, 0.2) is 5.76 Å². The normalized spacial score (nSPS) is 12.3. The largest absolute Gasteiger partial charge is 0.459 e. The van der Waals surface area contributed by atoms with Gasteiger partial charge in [-0.1, -0.05) is 72.8 Å². The topological polar surface area (TPSA) is 97.6 Å². The molecule has 2 N–H and O–H groups in total. The average Bonchev–Trinajstić information content (AvgIpc) is 3.45. The van der Waals surface area contributed by atoms with Crippen LogP contribution >= 0.6 is 0 Å². The summed E-state index contributed by atoms with van der Waals surface area (Å²) in [5, 5.41) is 5.58. The third-order valence-corrected chi connectivity index (χ3v) is 5.84. The molecule has 1 aromatic heterocycles. The molecule has 0 radical (unpaired) electrons. The van der Waals surface area contributed by atoms with Crippen molar-refractivity contribution in [1.82, 2.24) is 5.32 Å². The SMILES string of the molecule is Cc1ccc(C)c(NC(=O)[C@H](OC(=O)[C@H](Cc2ccccc2)NC(=O)c2ccco2)c2ccccc2)c1. The lowest BCUT2D eigenvalue weighted by atomic mass is 10.0. The molecule has 4 aromatic rings. The van der Waals surface area contributed by atoms with Gasteiger partial charge in [0, 0.05) is 17.7 Å². The summed E-state index contributed by atoms with van der Waals surface area (Å²) < 4.78 is 11.0. The lowest BCUT2D eigenvalue weighted by Gasteiger charge is -2.23. The maximum absolute atomic E-state index is 13.5. The molecular weight excluding hydrogens is 468 g/mol. The van der Waals surface area contributed by atoms with Crippen LogP contribution in [0.4, 0.5) is 5.69 Å². The van der Waals surface area contributed by atoms with E-state index in [4.69, 9.17) is 9.15 Å². The summed E-state index contributed by atoms with van der Waals surface area (Å²) in [6, 6.07) is 25.8. The van der Waals surface area contributed by atoms with Crippen molar-refractivity contribution in [3.8, 4) is 0 Å². The highest BCUT2D eigenvalue weighted by molar-refractivity contribution is 5.98. The Kier molecular flexibility index (Phi) is 8.15. The minimum Gasteiger partial charge on any atom is -0.459 e. The number of ether oxygens (including phenoxy) is 1. The van der Waals surface area contributed by atoms with Gasteiger partial charge in [0.1, 0.15) is 6.04 Å². The monoisotopic (exact) mass is 496 g/mol. The minimum absolute atomic E-state index is 0.0677. The molecule has 188 valence electrons. The van der Waals surface area contributed by atoms with E-state index >= 15 is 0 Å². The van der Waals surface area contributed by atoms with Crippen LogP contribution in [-0.2, 0) is 20.7 Å². The number of hydrogen-bond acceptors (Lipinski definition) is 5. The Morgan fingerprint density at radius 2 is 1.57 bits per heavy atom. The molecule has 0 aliphatic rings. The van der Waals surface area contributed by atoms with E-state index in [1.165, 1.54) is 12.3 Å². The molecule has 0 unspecified atom stereocenters. The third-order valence-electron chi connectivity index (χ3n) is 5.84. The fraction of sp³-hybridized carbons (Fsp3) is 0.167. The zero-order chi connectivity index (χ0) is 26.2. The van der Waals surface area contributed by atoms with E-state index in [0.717, 1.165) is 16.7 Å². The van der Waals surface area contributed by atoms with Gasteiger partial charge in [-0.25, -0.2) is 4.79 Å². The third kappa shape index (κ3) is 6.73. The summed E-state index contributed by atoms with van der Waals surface area (Å²) in [4.78, 5) is 39.6. The number of esters is 1. The van der Waals surface area contributed by atoms with Crippen molar-refractivity contribution in [2.24, 2.45) is 0 Å². The van der Waals surface area contributed by atoms with Crippen LogP contribution < -0.4 is 10.6 Å². The van der Waals surface area contributed by atoms with Gasteiger partial charge >= 0.3 is 5.97 Å². The molecule has 0 bridgehead atoms. The number of nitrogens with one attached hydrogen (secondary N) is 2. The van der Waals surface area contributed by atoms with E-state index < -0.39 is 29.9 Å². The minimum atomic E-state index is -1.23. The highest BCUT2D eigenvalue weighted by atomic mass is 16.5. The Bertz CT molecular complexity index is 1350. The number of anilines is 1. The van der Waals surface area contributed by atoms with Crippen molar-refractivity contribution in [1.29, 1.82) is 0 Å². The molecule has 37 heavy (non-hydrogen) atoms. The summed E-state index contributed by atoms with van der Waals surface area (Å²) in [6.45, 7) is 3.82. The maximum atomic E-state index is 13.5. The van der Waals surface area contributed by atoms with Gasteiger partial charge in [0.2, 0.25) is 6.10 Å². The molecule has 0 fully saturated rings. The highest BCUT2D eigenvalue weighted by Crippen LogP contribution is 2.23. The van der Waals surface area contributed by atoms with Crippen LogP contribution in [0.15, 0.2) is 102 Å². The second kappa shape index (κ2) is 11.9. The van der Waals surface area contributed by atoms with Crippen molar-refractivity contribution in [3.63, 3.8) is 0 Å². The van der Waals surface area contributed by atoms with Crippen LogP contribution in [0.3, 0.4) is 0 Å². The molecule has 3 aromatic carbocycles. The summed E-state index contributed by atoms with van der Waals surface area (Å²) in [6.07, 6.45) is 0.321. The predicted octanol–water partition coefficient (Wildman–Crippen LogP) is 5.16. The van der Waals surface area contributed by atoms with Gasteiger partial charge in [-0.2, -0.15) is 0 Å². The second-order valence-corrected chi connectivity index (χ2v) is 8.73. The van der Waals surface area contributed by atoms with Gasteiger partial charge in [-0.05, 0) is 48.7 Å². The van der Waals surface area contributed by atoms with Crippen molar-refractivity contribution in [2.75, 3.05) is 5.32 Å². The molecule has 0 saturated heterocycles. The van der Waals surface area contributed by atoms with Crippen molar-refractivity contribution in [2.45, 2.75) is 32.4 Å². The highest BCUT2D eigenvalue weighted by Gasteiger charge is 2.31. The molecule has 0 spiro atoms. The number of rotatable bonds is 9. The van der Waals surface area contributed by atoms with Crippen molar-refractivity contribution < 1.29 is 23.5 Å². The molecule has 2 atom stereocenters. The number of benzene rings is 3. The number of furan rings is 1. The first-order chi connectivity index (χ1) is 17.9. The van der Waals surface area contributed by atoms with Crippen LogP contribution in [0, 0.1) is 13.8 Å². The molecular formula is C30H28N2O5. The van der Waals surface area contributed by atoms with E-state index in [1.54, 1.807) is 30.3 Å². The van der Waals surface area contributed by atoms with Crippen LogP contribution in [0.2, 0.25) is 0 Å². The Balaban J connectivity index is 1.59. The van der Waals surface area contributed by atoms with E-state index in [1.807, 2.05) is 68.4 Å². The quantitative estimate of drug-likeness (QED) is 0.312. The van der Waals surface area contributed by atoms with Gasteiger partial charge < -0.3 is 19.8 Å². The fourth-order valence-electron chi connectivity index (χ4n) is 3.85. The summed E-state index contributed by atoms with van der Waals surface area (Å²) in [5.41, 5.74) is 3.83. The zero-order valence-corrected chi connectivity index (χ0v) is 20.6. The molecule has 2 amide bonds. The van der Waals surface area contributed by atoms with Gasteiger partial charge in [0.05, 0.1) is 6.26 Å². The first-order valence-electron chi connectivity index (χ1n) is 11.9. The Morgan fingerprint density at radius 3 is 2.24 bits per heavy atom. The van der Waals surface area contributed by atoms with Crippen molar-refractivity contribution >= 4 is 23.5 Å². The van der Waals surface area contributed by atoms with Gasteiger partial charge in [-0.3, -0.25) is 9.59 Å². The zero-order valence-electron chi connectivity index (χ0n) is 20.6. The lowest BCUT2D eigenvalue weighted by molar-refractivity contribution is -0.156. The molecule has 0 aliphatic heterocycles. The molecule has 1 heterocycles. The first-order valence-corrected chi connectivity index (χ1v) is 11.9. The maximum Gasteiger partial charge on any atom is 0.330 e. The van der Waals surface area contributed by atoms with Gasteiger partial charge in [-0.15, -0.1) is 0 Å². The van der Waals surface area contributed by atoms with Crippen molar-refractivity contribution in [3.05, 3.63) is 125 Å². The number of amides is 2. The van der Waals surface area contributed by atoms with Crippen LogP contribution in [0.5, 0.6) is 0 Å². The molecule has 4 rings (SSSR count). The number of carbonyl (C=O) groups excluding carboxylic acids is 3. The number of hydrogen-bond donors (Lipinski definition) is 2. The number of aryl methyl sites for hydroxylation is 2.